The summed E-state index contributed by atoms with van der Waals surface area (Å²) in [6.07, 6.45) is -0.220. The van der Waals surface area contributed by atoms with Crippen molar-refractivity contribution >= 4 is 23.6 Å². The number of nitrogens with zero attached hydrogens (tertiary/aromatic N) is 3. The topological polar surface area (TPSA) is 135 Å². The monoisotopic (exact) mass is 561 g/mol. The minimum absolute atomic E-state index is 0.155. The van der Waals surface area contributed by atoms with Gasteiger partial charge in [-0.1, -0.05) is 30.3 Å². The summed E-state index contributed by atoms with van der Waals surface area (Å²) in [7, 11) is 3.91. The maximum Gasteiger partial charge on any atom is 0.407 e. The number of rotatable bonds is 7. The van der Waals surface area contributed by atoms with Gasteiger partial charge in [0.05, 0.1) is 18.0 Å². The lowest BCUT2D eigenvalue weighted by molar-refractivity contribution is -0.129. The van der Waals surface area contributed by atoms with Crippen molar-refractivity contribution in [2.24, 2.45) is 0 Å². The van der Waals surface area contributed by atoms with Crippen LogP contribution in [0, 0.1) is 11.3 Å². The molecule has 10 nitrogen and oxygen atoms in total. The van der Waals surface area contributed by atoms with Gasteiger partial charge in [-0.3, -0.25) is 9.59 Å². The predicted octanol–water partition coefficient (Wildman–Crippen LogP) is 2.73. The molecular weight excluding hydrogens is 522 g/mol. The Labute approximate surface area is 241 Å². The smallest absolute Gasteiger partial charge is 0.407 e. The van der Waals surface area contributed by atoms with Crippen molar-refractivity contribution in [1.29, 1.82) is 5.26 Å². The van der Waals surface area contributed by atoms with Gasteiger partial charge in [-0.05, 0) is 81.6 Å². The Kier molecular flexibility index (Phi) is 8.71. The van der Waals surface area contributed by atoms with Gasteiger partial charge in [0, 0.05) is 25.7 Å². The van der Waals surface area contributed by atoms with E-state index in [2.05, 4.69) is 34.7 Å². The number of hydrogen-bond acceptors (Lipinski definition) is 7. The fourth-order valence-corrected chi connectivity index (χ4v) is 5.65. The summed E-state index contributed by atoms with van der Waals surface area (Å²) >= 11 is 0. The molecule has 2 aromatic carbocycles. The van der Waals surface area contributed by atoms with Gasteiger partial charge < -0.3 is 30.3 Å². The van der Waals surface area contributed by atoms with Crippen molar-refractivity contribution in [3.63, 3.8) is 0 Å². The van der Waals surface area contributed by atoms with E-state index in [4.69, 9.17) is 4.74 Å². The number of ether oxygens (including phenoxy) is 1. The highest BCUT2D eigenvalue weighted by Gasteiger charge is 2.51. The molecule has 0 bridgehead atoms. The number of anilines is 1. The van der Waals surface area contributed by atoms with E-state index < -0.39 is 35.2 Å². The number of likely N-dealkylation sites (tertiary alicyclic amines) is 1. The number of carbonyl (C=O) groups excluding carboxylic acids is 3. The average Bonchev–Trinajstić information content (AvgIpc) is 3.11. The molecule has 3 N–H and O–H groups in total. The number of benzene rings is 2. The van der Waals surface area contributed by atoms with Crippen molar-refractivity contribution in [2.45, 2.75) is 63.2 Å². The molecule has 2 aliphatic heterocycles. The second kappa shape index (κ2) is 11.9. The lowest BCUT2D eigenvalue weighted by Gasteiger charge is -2.37. The molecule has 218 valence electrons. The van der Waals surface area contributed by atoms with Crippen LogP contribution in [0.2, 0.25) is 0 Å². The lowest BCUT2D eigenvalue weighted by Crippen LogP contribution is -2.50. The van der Waals surface area contributed by atoms with E-state index in [0.717, 1.165) is 47.3 Å². The molecule has 0 aromatic heterocycles. The van der Waals surface area contributed by atoms with Gasteiger partial charge in [0.25, 0.3) is 5.91 Å². The Hall–Kier alpha value is -3.94. The zero-order chi connectivity index (χ0) is 29.9. The van der Waals surface area contributed by atoms with E-state index >= 15 is 0 Å². The SMILES string of the molecule is CN1CCCC2(C1)C(=O)N(C)c1ccc(-c3ccc(C[C@@H](C#N)NC(=O)[C@@H](O)CNC(=O)OC(C)(C)C)cc3)cc12. The van der Waals surface area contributed by atoms with E-state index in [1.807, 2.05) is 43.4 Å². The van der Waals surface area contributed by atoms with E-state index in [-0.39, 0.29) is 18.9 Å². The van der Waals surface area contributed by atoms with Crippen molar-refractivity contribution in [2.75, 3.05) is 38.6 Å². The van der Waals surface area contributed by atoms with E-state index in [1.54, 1.807) is 25.7 Å². The van der Waals surface area contributed by atoms with Crippen LogP contribution in [0.3, 0.4) is 0 Å². The number of nitriles is 1. The summed E-state index contributed by atoms with van der Waals surface area (Å²) < 4.78 is 5.09. The number of likely N-dealkylation sites (N-methyl/N-ethyl adjacent to an activating group) is 2. The molecule has 1 fully saturated rings. The van der Waals surface area contributed by atoms with Crippen LogP contribution in [-0.4, -0.2) is 79.4 Å². The Morgan fingerprint density at radius 1 is 1.15 bits per heavy atom. The molecule has 1 saturated heterocycles. The number of hydrogen-bond donors (Lipinski definition) is 3. The molecule has 2 heterocycles. The Morgan fingerprint density at radius 3 is 2.46 bits per heavy atom. The third kappa shape index (κ3) is 6.69. The minimum Gasteiger partial charge on any atom is -0.444 e. The normalized spacial score (nSPS) is 20.2. The van der Waals surface area contributed by atoms with E-state index in [1.165, 1.54) is 0 Å². The van der Waals surface area contributed by atoms with Crippen molar-refractivity contribution < 1.29 is 24.2 Å². The number of carbonyl (C=O) groups is 3. The van der Waals surface area contributed by atoms with Gasteiger partial charge in [0.2, 0.25) is 5.91 Å². The third-order valence-electron chi connectivity index (χ3n) is 7.61. The number of amides is 3. The molecule has 10 heteroatoms. The molecule has 0 aliphatic carbocycles. The molecule has 1 unspecified atom stereocenters. The highest BCUT2D eigenvalue weighted by molar-refractivity contribution is 6.08. The molecule has 2 aromatic rings. The largest absolute Gasteiger partial charge is 0.444 e. The third-order valence-corrected chi connectivity index (χ3v) is 7.61. The van der Waals surface area contributed by atoms with Crippen LogP contribution in [0.5, 0.6) is 0 Å². The molecular formula is C31H39N5O5. The maximum absolute atomic E-state index is 13.3. The fraction of sp³-hybridized carbons (Fsp3) is 0.484. The second-order valence-corrected chi connectivity index (χ2v) is 12.0. The number of aliphatic hydroxyl groups excluding tert-OH is 1. The van der Waals surface area contributed by atoms with Gasteiger partial charge >= 0.3 is 6.09 Å². The first-order valence-electron chi connectivity index (χ1n) is 13.9. The summed E-state index contributed by atoms with van der Waals surface area (Å²) in [4.78, 5) is 41.5. The van der Waals surface area contributed by atoms with E-state index in [0.29, 0.717) is 6.54 Å². The van der Waals surface area contributed by atoms with E-state index in [9.17, 15) is 24.8 Å². The minimum atomic E-state index is -1.53. The molecule has 41 heavy (non-hydrogen) atoms. The highest BCUT2D eigenvalue weighted by atomic mass is 16.6. The Morgan fingerprint density at radius 2 is 1.83 bits per heavy atom. The summed E-state index contributed by atoms with van der Waals surface area (Å²) in [5.74, 6) is -0.606. The summed E-state index contributed by atoms with van der Waals surface area (Å²) in [5, 5.41) is 24.6. The van der Waals surface area contributed by atoms with Crippen LogP contribution in [0.1, 0.15) is 44.7 Å². The van der Waals surface area contributed by atoms with Crippen LogP contribution >= 0.6 is 0 Å². The number of aliphatic hydroxyl groups is 1. The zero-order valence-electron chi connectivity index (χ0n) is 24.4. The molecule has 0 saturated carbocycles. The first-order chi connectivity index (χ1) is 19.3. The van der Waals surface area contributed by atoms with Crippen molar-refractivity contribution in [3.05, 3.63) is 53.6 Å². The molecule has 1 spiro atoms. The maximum atomic E-state index is 13.3. The highest BCUT2D eigenvalue weighted by Crippen LogP contribution is 2.47. The average molecular weight is 562 g/mol. The van der Waals surface area contributed by atoms with Crippen LogP contribution in [0.25, 0.3) is 11.1 Å². The second-order valence-electron chi connectivity index (χ2n) is 12.0. The van der Waals surface area contributed by atoms with Gasteiger partial charge in [-0.15, -0.1) is 0 Å². The van der Waals surface area contributed by atoms with Crippen LogP contribution < -0.4 is 15.5 Å². The first-order valence-corrected chi connectivity index (χ1v) is 13.9. The van der Waals surface area contributed by atoms with Crippen molar-refractivity contribution in [3.8, 4) is 17.2 Å². The number of alkyl carbamates (subject to hydrolysis) is 1. The summed E-state index contributed by atoms with van der Waals surface area (Å²) in [6, 6.07) is 15.1. The van der Waals surface area contributed by atoms with Crippen LogP contribution in [0.15, 0.2) is 42.5 Å². The molecule has 4 rings (SSSR count). The fourth-order valence-electron chi connectivity index (χ4n) is 5.65. The number of nitrogens with one attached hydrogen (secondary N) is 2. The lowest BCUT2D eigenvalue weighted by atomic mass is 9.74. The molecule has 3 amide bonds. The zero-order valence-corrected chi connectivity index (χ0v) is 24.4. The van der Waals surface area contributed by atoms with Gasteiger partial charge in [0.15, 0.2) is 0 Å². The Balaban J connectivity index is 1.40. The predicted molar refractivity (Wildman–Crippen MR) is 155 cm³/mol. The molecule has 3 atom stereocenters. The Bertz CT molecular complexity index is 1350. The standard InChI is InChI=1S/C31H39N5O5/c1-30(2,3)41-29(40)33-18-26(37)27(38)34-23(17-32)15-20-7-9-21(10-8-20)22-11-12-25-24(16-22)31(28(39)36(25)5)13-6-14-35(4)19-31/h7-12,16,23,26,37H,6,13-15,18-19H2,1-5H3,(H,33,40)(H,34,38)/t23-,26-,31?/m0/s1. The summed E-state index contributed by atoms with van der Waals surface area (Å²) in [6.45, 7) is 6.47. The van der Waals surface area contributed by atoms with Gasteiger partial charge in [-0.2, -0.15) is 5.26 Å². The van der Waals surface area contributed by atoms with Gasteiger partial charge in [0.1, 0.15) is 17.7 Å². The quantitative estimate of drug-likeness (QED) is 0.473. The molecule has 0 radical (unpaired) electrons. The van der Waals surface area contributed by atoms with Crippen molar-refractivity contribution in [1.82, 2.24) is 15.5 Å². The first kappa shape index (κ1) is 30.0. The number of fused-ring (bicyclic) bond motifs is 2. The summed E-state index contributed by atoms with van der Waals surface area (Å²) in [5.41, 5.74) is 3.65. The van der Waals surface area contributed by atoms with Crippen LogP contribution in [-0.2, 0) is 26.2 Å². The van der Waals surface area contributed by atoms with Gasteiger partial charge in [-0.25, -0.2) is 4.79 Å². The number of piperidine rings is 1. The molecule has 2 aliphatic rings. The van der Waals surface area contributed by atoms with Crippen LogP contribution in [0.4, 0.5) is 10.5 Å².